The van der Waals surface area contributed by atoms with E-state index in [1.54, 1.807) is 0 Å². The van der Waals surface area contributed by atoms with Crippen molar-refractivity contribution in [2.24, 2.45) is 11.7 Å². The van der Waals surface area contributed by atoms with Crippen LogP contribution >= 0.6 is 0 Å². The Bertz CT molecular complexity index is 254. The number of carbonyl (C=O) groups excluding carboxylic acids is 1. The van der Waals surface area contributed by atoms with Crippen molar-refractivity contribution >= 4 is 11.9 Å². The minimum Gasteiger partial charge on any atom is -0.481 e. The smallest absolute Gasteiger partial charge is 0.303 e. The first kappa shape index (κ1) is 15.9. The lowest BCUT2D eigenvalue weighted by Crippen LogP contribution is -2.38. The van der Waals surface area contributed by atoms with Crippen LogP contribution in [-0.2, 0) is 9.59 Å². The number of carbonyl (C=O) groups is 2. The molecular weight excluding hydrogens is 220 g/mol. The molecule has 2 unspecified atom stereocenters. The average Bonchev–Trinajstić information content (AvgIpc) is 2.16. The van der Waals surface area contributed by atoms with E-state index in [1.165, 1.54) is 0 Å². The van der Waals surface area contributed by atoms with Gasteiger partial charge in [-0.15, -0.1) is 0 Å². The highest BCUT2D eigenvalue weighted by molar-refractivity contribution is 5.76. The van der Waals surface area contributed by atoms with Gasteiger partial charge in [-0.1, -0.05) is 13.8 Å². The molecule has 0 rings (SSSR count). The summed E-state index contributed by atoms with van der Waals surface area (Å²) in [5.74, 6) is -0.581. The lowest BCUT2D eigenvalue weighted by Gasteiger charge is -2.18. The number of hydrogen-bond acceptors (Lipinski definition) is 3. The van der Waals surface area contributed by atoms with Gasteiger partial charge in [0.25, 0.3) is 0 Å². The Labute approximate surface area is 103 Å². The minimum absolute atomic E-state index is 0.00112. The number of carboxylic acid groups (broad SMARTS) is 1. The van der Waals surface area contributed by atoms with E-state index in [4.69, 9.17) is 10.8 Å². The summed E-state index contributed by atoms with van der Waals surface area (Å²) in [7, 11) is 0. The first-order chi connectivity index (χ1) is 7.82. The Balaban J connectivity index is 3.76. The Hall–Kier alpha value is -1.10. The number of nitrogens with one attached hydrogen (secondary N) is 1. The van der Waals surface area contributed by atoms with Crippen LogP contribution in [0.15, 0.2) is 0 Å². The van der Waals surface area contributed by atoms with Gasteiger partial charge < -0.3 is 16.2 Å². The first-order valence-corrected chi connectivity index (χ1v) is 6.09. The molecule has 0 aromatic heterocycles. The van der Waals surface area contributed by atoms with Crippen LogP contribution in [0.25, 0.3) is 0 Å². The molecule has 5 heteroatoms. The van der Waals surface area contributed by atoms with Gasteiger partial charge in [0.05, 0.1) is 0 Å². The standard InChI is InChI=1S/C12H24N2O3/c1-8(2)10(13)7-11(15)14-9(3)5-4-6-12(16)17/h8-10H,4-7,13H2,1-3H3,(H,14,15)(H,16,17). The molecule has 0 aromatic rings. The van der Waals surface area contributed by atoms with Crippen molar-refractivity contribution < 1.29 is 14.7 Å². The summed E-state index contributed by atoms with van der Waals surface area (Å²) in [6.07, 6.45) is 1.72. The van der Waals surface area contributed by atoms with Crippen molar-refractivity contribution in [2.45, 2.75) is 58.5 Å². The fourth-order valence-electron chi connectivity index (χ4n) is 1.42. The highest BCUT2D eigenvalue weighted by atomic mass is 16.4. The van der Waals surface area contributed by atoms with Gasteiger partial charge in [-0.25, -0.2) is 0 Å². The third-order valence-electron chi connectivity index (χ3n) is 2.71. The molecule has 0 aliphatic heterocycles. The molecule has 0 saturated carbocycles. The third-order valence-corrected chi connectivity index (χ3v) is 2.71. The van der Waals surface area contributed by atoms with Gasteiger partial charge in [-0.3, -0.25) is 9.59 Å². The van der Waals surface area contributed by atoms with Crippen LogP contribution in [0.2, 0.25) is 0 Å². The number of aliphatic carboxylic acids is 1. The predicted octanol–water partition coefficient (Wildman–Crippen LogP) is 1.12. The predicted molar refractivity (Wildman–Crippen MR) is 66.5 cm³/mol. The van der Waals surface area contributed by atoms with E-state index in [9.17, 15) is 9.59 Å². The second kappa shape index (κ2) is 8.06. The summed E-state index contributed by atoms with van der Waals surface area (Å²) in [6, 6.07) is -0.123. The van der Waals surface area contributed by atoms with E-state index >= 15 is 0 Å². The molecule has 1 amide bonds. The molecule has 0 aromatic carbocycles. The normalized spacial score (nSPS) is 14.4. The zero-order valence-corrected chi connectivity index (χ0v) is 10.9. The number of rotatable bonds is 8. The summed E-state index contributed by atoms with van der Waals surface area (Å²) in [4.78, 5) is 21.9. The zero-order chi connectivity index (χ0) is 13.4. The highest BCUT2D eigenvalue weighted by Crippen LogP contribution is 2.04. The molecule has 0 bridgehead atoms. The molecule has 0 radical (unpaired) electrons. The van der Waals surface area contributed by atoms with Crippen LogP contribution in [0.4, 0.5) is 0 Å². The van der Waals surface area contributed by atoms with E-state index in [2.05, 4.69) is 5.32 Å². The van der Waals surface area contributed by atoms with E-state index in [1.807, 2.05) is 20.8 Å². The van der Waals surface area contributed by atoms with Crippen LogP contribution < -0.4 is 11.1 Å². The quantitative estimate of drug-likeness (QED) is 0.596. The van der Waals surface area contributed by atoms with Crippen LogP contribution in [-0.4, -0.2) is 29.1 Å². The molecule has 0 fully saturated rings. The van der Waals surface area contributed by atoms with Gasteiger partial charge >= 0.3 is 5.97 Å². The van der Waals surface area contributed by atoms with Crippen molar-refractivity contribution in [3.8, 4) is 0 Å². The van der Waals surface area contributed by atoms with Gasteiger partial charge in [0, 0.05) is 24.9 Å². The van der Waals surface area contributed by atoms with Crippen molar-refractivity contribution in [1.29, 1.82) is 0 Å². The molecular formula is C12H24N2O3. The molecule has 4 N–H and O–H groups in total. The third kappa shape index (κ3) is 8.68. The number of hydrogen-bond donors (Lipinski definition) is 3. The zero-order valence-electron chi connectivity index (χ0n) is 10.9. The van der Waals surface area contributed by atoms with Crippen molar-refractivity contribution in [1.82, 2.24) is 5.32 Å². The molecule has 5 nitrogen and oxygen atoms in total. The number of amides is 1. The van der Waals surface area contributed by atoms with E-state index in [-0.39, 0.29) is 30.3 Å². The second-order valence-electron chi connectivity index (χ2n) is 4.87. The highest BCUT2D eigenvalue weighted by Gasteiger charge is 2.14. The molecule has 17 heavy (non-hydrogen) atoms. The fourth-order valence-corrected chi connectivity index (χ4v) is 1.42. The largest absolute Gasteiger partial charge is 0.481 e. The Morgan fingerprint density at radius 2 is 1.88 bits per heavy atom. The van der Waals surface area contributed by atoms with E-state index in [0.717, 1.165) is 0 Å². The molecule has 0 spiro atoms. The van der Waals surface area contributed by atoms with Gasteiger partial charge in [0.1, 0.15) is 0 Å². The van der Waals surface area contributed by atoms with E-state index < -0.39 is 5.97 Å². The second-order valence-corrected chi connectivity index (χ2v) is 4.87. The SMILES string of the molecule is CC(CCCC(=O)O)NC(=O)CC(N)C(C)C. The summed E-state index contributed by atoms with van der Waals surface area (Å²) >= 11 is 0. The van der Waals surface area contributed by atoms with Crippen molar-refractivity contribution in [3.05, 3.63) is 0 Å². The maximum atomic E-state index is 11.6. The molecule has 0 aliphatic carbocycles. The monoisotopic (exact) mass is 244 g/mol. The molecule has 100 valence electrons. The molecule has 0 heterocycles. The van der Waals surface area contributed by atoms with Crippen molar-refractivity contribution in [2.75, 3.05) is 0 Å². The number of carboxylic acids is 1. The molecule has 2 atom stereocenters. The van der Waals surface area contributed by atoms with Crippen LogP contribution in [0.3, 0.4) is 0 Å². The maximum Gasteiger partial charge on any atom is 0.303 e. The van der Waals surface area contributed by atoms with Crippen LogP contribution in [0, 0.1) is 5.92 Å². The van der Waals surface area contributed by atoms with Gasteiger partial charge in [-0.05, 0) is 25.7 Å². The van der Waals surface area contributed by atoms with Gasteiger partial charge in [-0.2, -0.15) is 0 Å². The maximum absolute atomic E-state index is 11.6. The average molecular weight is 244 g/mol. The number of nitrogens with two attached hydrogens (primary N) is 1. The summed E-state index contributed by atoms with van der Waals surface area (Å²) < 4.78 is 0. The topological polar surface area (TPSA) is 92.4 Å². The van der Waals surface area contributed by atoms with Crippen LogP contribution in [0.1, 0.15) is 46.5 Å². The van der Waals surface area contributed by atoms with Crippen LogP contribution in [0.5, 0.6) is 0 Å². The lowest BCUT2D eigenvalue weighted by molar-refractivity contribution is -0.137. The Morgan fingerprint density at radius 3 is 2.35 bits per heavy atom. The Kier molecular flexibility index (Phi) is 7.54. The molecule has 0 saturated heterocycles. The summed E-state index contributed by atoms with van der Waals surface area (Å²) in [5, 5.41) is 11.3. The van der Waals surface area contributed by atoms with E-state index in [0.29, 0.717) is 19.3 Å². The summed E-state index contributed by atoms with van der Waals surface area (Å²) in [5.41, 5.74) is 5.79. The molecule has 0 aliphatic rings. The van der Waals surface area contributed by atoms with Gasteiger partial charge in [0.2, 0.25) is 5.91 Å². The van der Waals surface area contributed by atoms with Crippen molar-refractivity contribution in [3.63, 3.8) is 0 Å². The van der Waals surface area contributed by atoms with Gasteiger partial charge in [0.15, 0.2) is 0 Å². The fraction of sp³-hybridized carbons (Fsp3) is 0.833. The summed E-state index contributed by atoms with van der Waals surface area (Å²) in [6.45, 7) is 5.84. The minimum atomic E-state index is -0.801. The Morgan fingerprint density at radius 1 is 1.29 bits per heavy atom. The lowest BCUT2D eigenvalue weighted by atomic mass is 10.0. The first-order valence-electron chi connectivity index (χ1n) is 6.09.